The number of aromatic amines is 1. The van der Waals surface area contributed by atoms with Gasteiger partial charge in [-0.2, -0.15) is 0 Å². The Morgan fingerprint density at radius 1 is 1.29 bits per heavy atom. The topological polar surface area (TPSA) is 55.0 Å². The van der Waals surface area contributed by atoms with E-state index in [0.29, 0.717) is 11.8 Å². The van der Waals surface area contributed by atoms with Gasteiger partial charge < -0.3 is 9.72 Å². The maximum atomic E-state index is 11.6. The van der Waals surface area contributed by atoms with Crippen molar-refractivity contribution in [3.63, 3.8) is 0 Å². The summed E-state index contributed by atoms with van der Waals surface area (Å²) in [6.45, 7) is 4.72. The van der Waals surface area contributed by atoms with Crippen LogP contribution < -0.4 is 10.3 Å². The molecule has 21 heavy (non-hydrogen) atoms. The first-order valence-electron chi connectivity index (χ1n) is 7.07. The third-order valence-electron chi connectivity index (χ3n) is 2.87. The first-order chi connectivity index (χ1) is 10.1. The van der Waals surface area contributed by atoms with Gasteiger partial charge in [0.25, 0.3) is 5.56 Å². The molecule has 1 heterocycles. The number of H-pyrrole nitrogens is 1. The molecule has 4 nitrogen and oxygen atoms in total. The van der Waals surface area contributed by atoms with E-state index in [4.69, 9.17) is 4.74 Å². The van der Waals surface area contributed by atoms with Crippen molar-refractivity contribution in [2.24, 2.45) is 0 Å². The molecule has 0 aliphatic heterocycles. The molecule has 0 amide bonds. The predicted molar refractivity (Wildman–Crippen MR) is 86.2 cm³/mol. The number of hydrogen-bond donors (Lipinski definition) is 1. The van der Waals surface area contributed by atoms with Gasteiger partial charge in [0.05, 0.1) is 12.3 Å². The van der Waals surface area contributed by atoms with Crippen LogP contribution in [-0.4, -0.2) is 22.3 Å². The van der Waals surface area contributed by atoms with E-state index >= 15 is 0 Å². The molecule has 112 valence electrons. The monoisotopic (exact) mass is 304 g/mol. The molecule has 0 spiro atoms. The fourth-order valence-corrected chi connectivity index (χ4v) is 2.55. The lowest BCUT2D eigenvalue weighted by Crippen LogP contribution is -2.11. The number of benzene rings is 1. The minimum atomic E-state index is -0.0864. The van der Waals surface area contributed by atoms with Crippen molar-refractivity contribution in [3.8, 4) is 5.75 Å². The zero-order valence-corrected chi connectivity index (χ0v) is 13.2. The second kappa shape index (κ2) is 7.88. The molecule has 0 saturated heterocycles. The number of para-hydroxylation sites is 1. The van der Waals surface area contributed by atoms with Crippen LogP contribution in [-0.2, 0) is 0 Å². The van der Waals surface area contributed by atoms with E-state index in [1.54, 1.807) is 17.8 Å². The van der Waals surface area contributed by atoms with Gasteiger partial charge in [-0.1, -0.05) is 43.8 Å². The summed E-state index contributed by atoms with van der Waals surface area (Å²) >= 11 is 1.55. The quantitative estimate of drug-likeness (QED) is 0.483. The smallest absolute Gasteiger partial charge is 0.251 e. The molecule has 5 heteroatoms. The molecule has 1 aromatic heterocycles. The number of ether oxygens (including phenoxy) is 1. The van der Waals surface area contributed by atoms with E-state index in [1.807, 2.05) is 44.2 Å². The van der Waals surface area contributed by atoms with Gasteiger partial charge in [0.15, 0.2) is 5.16 Å². The summed E-state index contributed by atoms with van der Waals surface area (Å²) < 4.78 is 5.62. The molecule has 0 saturated carbocycles. The fraction of sp³-hybridized carbons (Fsp3) is 0.375. The van der Waals surface area contributed by atoms with Crippen LogP contribution in [0.3, 0.4) is 0 Å². The Kier molecular flexibility index (Phi) is 5.87. The van der Waals surface area contributed by atoms with Gasteiger partial charge in [-0.05, 0) is 24.5 Å². The first kappa shape index (κ1) is 15.6. The Bertz CT molecular complexity index is 611. The molecule has 0 unspecified atom stereocenters. The molecule has 1 N–H and O–H groups in total. The van der Waals surface area contributed by atoms with Crippen molar-refractivity contribution in [3.05, 3.63) is 52.4 Å². The lowest BCUT2D eigenvalue weighted by molar-refractivity contribution is 0.318. The van der Waals surface area contributed by atoms with Gasteiger partial charge in [0.2, 0.25) is 0 Å². The van der Waals surface area contributed by atoms with E-state index in [0.717, 1.165) is 23.6 Å². The number of nitrogens with one attached hydrogen (secondary N) is 1. The Morgan fingerprint density at radius 3 is 2.76 bits per heavy atom. The second-order valence-corrected chi connectivity index (χ2v) is 6.08. The van der Waals surface area contributed by atoms with Crippen LogP contribution >= 0.6 is 11.8 Å². The molecule has 1 aromatic carbocycles. The van der Waals surface area contributed by atoms with Crippen molar-refractivity contribution in [2.75, 3.05) is 12.4 Å². The van der Waals surface area contributed by atoms with E-state index < -0.39 is 0 Å². The van der Waals surface area contributed by atoms with E-state index in [-0.39, 0.29) is 11.5 Å². The summed E-state index contributed by atoms with van der Waals surface area (Å²) in [5.41, 5.74) is 0.749. The average Bonchev–Trinajstić information content (AvgIpc) is 2.47. The van der Waals surface area contributed by atoms with E-state index in [2.05, 4.69) is 9.97 Å². The summed E-state index contributed by atoms with van der Waals surface area (Å²) in [4.78, 5) is 18.8. The summed E-state index contributed by atoms with van der Waals surface area (Å²) in [7, 11) is 0. The van der Waals surface area contributed by atoms with Gasteiger partial charge in [-0.3, -0.25) is 4.79 Å². The van der Waals surface area contributed by atoms with Crippen molar-refractivity contribution in [2.45, 2.75) is 31.3 Å². The van der Waals surface area contributed by atoms with Crippen LogP contribution in [0.25, 0.3) is 0 Å². The Morgan fingerprint density at radius 2 is 2.05 bits per heavy atom. The molecule has 0 atom stereocenters. The minimum absolute atomic E-state index is 0.0864. The van der Waals surface area contributed by atoms with Crippen LogP contribution in [0, 0.1) is 0 Å². The van der Waals surface area contributed by atoms with E-state index in [9.17, 15) is 4.79 Å². The Balaban J connectivity index is 1.77. The normalized spacial score (nSPS) is 10.8. The maximum Gasteiger partial charge on any atom is 0.251 e. The summed E-state index contributed by atoms with van der Waals surface area (Å²) in [5.74, 6) is 2.00. The van der Waals surface area contributed by atoms with Crippen molar-refractivity contribution < 1.29 is 4.74 Å². The molecule has 2 aromatic rings. The fourth-order valence-electron chi connectivity index (χ4n) is 1.75. The zero-order valence-electron chi connectivity index (χ0n) is 12.3. The lowest BCUT2D eigenvalue weighted by Gasteiger charge is -2.07. The number of thioether (sulfide) groups is 1. The average molecular weight is 304 g/mol. The van der Waals surface area contributed by atoms with Crippen molar-refractivity contribution in [1.29, 1.82) is 0 Å². The van der Waals surface area contributed by atoms with Crippen LogP contribution in [0.2, 0.25) is 0 Å². The summed E-state index contributed by atoms with van der Waals surface area (Å²) in [5, 5.41) is 0.686. The number of nitrogens with zero attached hydrogens (tertiary/aromatic N) is 1. The van der Waals surface area contributed by atoms with Gasteiger partial charge in [-0.25, -0.2) is 4.98 Å². The molecular weight excluding hydrogens is 284 g/mol. The molecule has 0 radical (unpaired) electrons. The molecule has 0 bridgehead atoms. The van der Waals surface area contributed by atoms with Gasteiger partial charge in [0.1, 0.15) is 5.75 Å². The zero-order chi connectivity index (χ0) is 15.1. The standard InChI is InChI=1S/C16H20N2O2S/c1-12(2)14-11-15(19)18-16(17-14)21-10-6-9-20-13-7-4-3-5-8-13/h3-5,7-8,11-12H,6,9-10H2,1-2H3,(H,17,18,19). The SMILES string of the molecule is CC(C)c1cc(=O)[nH]c(SCCCOc2ccccc2)n1. The number of rotatable bonds is 7. The van der Waals surface area contributed by atoms with Crippen molar-refractivity contribution >= 4 is 11.8 Å². The van der Waals surface area contributed by atoms with Crippen LogP contribution in [0.1, 0.15) is 31.9 Å². The van der Waals surface area contributed by atoms with Gasteiger partial charge in [0, 0.05) is 11.8 Å². The lowest BCUT2D eigenvalue weighted by atomic mass is 10.1. The largest absolute Gasteiger partial charge is 0.494 e. The van der Waals surface area contributed by atoms with Crippen LogP contribution in [0.5, 0.6) is 5.75 Å². The van der Waals surface area contributed by atoms with E-state index in [1.165, 1.54) is 0 Å². The minimum Gasteiger partial charge on any atom is -0.494 e. The van der Waals surface area contributed by atoms with Crippen molar-refractivity contribution in [1.82, 2.24) is 9.97 Å². The van der Waals surface area contributed by atoms with Crippen LogP contribution in [0.15, 0.2) is 46.3 Å². The molecule has 2 rings (SSSR count). The Labute approximate surface area is 129 Å². The molecule has 0 aliphatic carbocycles. The van der Waals surface area contributed by atoms with Crippen LogP contribution in [0.4, 0.5) is 0 Å². The maximum absolute atomic E-state index is 11.6. The summed E-state index contributed by atoms with van der Waals surface area (Å²) in [6.07, 6.45) is 0.898. The third kappa shape index (κ3) is 5.27. The highest BCUT2D eigenvalue weighted by Gasteiger charge is 2.05. The number of hydrogen-bond acceptors (Lipinski definition) is 4. The third-order valence-corrected chi connectivity index (χ3v) is 3.83. The highest BCUT2D eigenvalue weighted by Crippen LogP contribution is 2.16. The first-order valence-corrected chi connectivity index (χ1v) is 8.05. The van der Waals surface area contributed by atoms with Gasteiger partial charge >= 0.3 is 0 Å². The Hall–Kier alpha value is -1.75. The highest BCUT2D eigenvalue weighted by atomic mass is 32.2. The highest BCUT2D eigenvalue weighted by molar-refractivity contribution is 7.99. The summed E-state index contributed by atoms with van der Waals surface area (Å²) in [6, 6.07) is 11.3. The predicted octanol–water partition coefficient (Wildman–Crippen LogP) is 3.45. The van der Waals surface area contributed by atoms with Gasteiger partial charge in [-0.15, -0.1) is 0 Å². The second-order valence-electron chi connectivity index (χ2n) is 4.99. The molecule has 0 fully saturated rings. The number of aromatic nitrogens is 2. The molecular formula is C16H20N2O2S. The molecule has 0 aliphatic rings.